The number of hydrogen-bond acceptors (Lipinski definition) is 2. The molecule has 1 N–H and O–H groups in total. The lowest BCUT2D eigenvalue weighted by molar-refractivity contribution is 0.133. The fraction of sp³-hybridized carbons (Fsp3) is 0.571. The van der Waals surface area contributed by atoms with Gasteiger partial charge in [-0.05, 0) is 36.6 Å². The number of ether oxygens (including phenoxy) is 1. The summed E-state index contributed by atoms with van der Waals surface area (Å²) in [4.78, 5) is 0. The minimum Gasteiger partial charge on any atom is -0.380 e. The van der Waals surface area contributed by atoms with Crippen LogP contribution in [0.25, 0.3) is 0 Å². The first kappa shape index (κ1) is 14.1. The monoisotopic (exact) mass is 239 g/mol. The first-order chi connectivity index (χ1) is 8.24. The van der Waals surface area contributed by atoms with Crippen molar-refractivity contribution in [2.45, 2.75) is 33.2 Å². The van der Waals surface area contributed by atoms with Crippen LogP contribution in [0.15, 0.2) is 18.2 Å². The minimum absolute atomic E-state index is 0.172. The maximum Gasteiger partial charge on any atom is 0.123 e. The third kappa shape index (κ3) is 5.80. The zero-order valence-corrected chi connectivity index (χ0v) is 10.8. The summed E-state index contributed by atoms with van der Waals surface area (Å²) < 4.78 is 18.3. The van der Waals surface area contributed by atoms with Gasteiger partial charge in [0.1, 0.15) is 5.82 Å². The van der Waals surface area contributed by atoms with Crippen molar-refractivity contribution in [1.82, 2.24) is 5.32 Å². The number of benzene rings is 1. The molecule has 96 valence electrons. The van der Waals surface area contributed by atoms with E-state index in [4.69, 9.17) is 4.74 Å². The Balaban J connectivity index is 2.14. The summed E-state index contributed by atoms with van der Waals surface area (Å²) in [5.41, 5.74) is 2.13. The van der Waals surface area contributed by atoms with Gasteiger partial charge in [-0.3, -0.25) is 0 Å². The normalized spacial score (nSPS) is 10.8. The molecular weight excluding hydrogens is 217 g/mol. The van der Waals surface area contributed by atoms with Crippen molar-refractivity contribution in [1.29, 1.82) is 0 Å². The van der Waals surface area contributed by atoms with Gasteiger partial charge in [0.05, 0.1) is 6.61 Å². The summed E-state index contributed by atoms with van der Waals surface area (Å²) in [6, 6.07) is 4.89. The van der Waals surface area contributed by atoms with Crippen molar-refractivity contribution in [3.05, 3.63) is 35.1 Å². The first-order valence-corrected chi connectivity index (χ1v) is 6.27. The Morgan fingerprint density at radius 1 is 1.29 bits per heavy atom. The van der Waals surface area contributed by atoms with Crippen molar-refractivity contribution in [2.75, 3.05) is 19.8 Å². The molecule has 0 aromatic heterocycles. The van der Waals surface area contributed by atoms with E-state index in [1.54, 1.807) is 6.07 Å². The Morgan fingerprint density at radius 2 is 2.12 bits per heavy atom. The van der Waals surface area contributed by atoms with Gasteiger partial charge in [0.2, 0.25) is 0 Å². The number of aryl methyl sites for hydroxylation is 1. The predicted octanol–water partition coefficient (Wildman–Crippen LogP) is 3.04. The largest absolute Gasteiger partial charge is 0.380 e. The molecule has 3 heteroatoms. The molecule has 0 atom stereocenters. The Kier molecular flexibility index (Phi) is 6.82. The van der Waals surface area contributed by atoms with Crippen molar-refractivity contribution >= 4 is 0 Å². The lowest BCUT2D eigenvalue weighted by Crippen LogP contribution is -2.20. The molecule has 1 rings (SSSR count). The van der Waals surface area contributed by atoms with Crippen molar-refractivity contribution in [3.63, 3.8) is 0 Å². The quantitative estimate of drug-likeness (QED) is 0.704. The summed E-state index contributed by atoms with van der Waals surface area (Å²) in [5.74, 6) is -0.172. The fourth-order valence-electron chi connectivity index (χ4n) is 1.57. The van der Waals surface area contributed by atoms with Crippen LogP contribution in [-0.4, -0.2) is 19.8 Å². The van der Waals surface area contributed by atoms with Crippen LogP contribution in [-0.2, 0) is 11.3 Å². The summed E-state index contributed by atoms with van der Waals surface area (Å²) in [6.07, 6.45) is 2.29. The minimum atomic E-state index is -0.172. The molecular formula is C14H22FNO. The van der Waals surface area contributed by atoms with Crippen LogP contribution in [0.5, 0.6) is 0 Å². The molecule has 0 unspecified atom stereocenters. The number of unbranched alkanes of at least 4 members (excludes halogenated alkanes) is 1. The molecule has 2 nitrogen and oxygen atoms in total. The molecule has 0 aliphatic carbocycles. The maximum atomic E-state index is 12.9. The topological polar surface area (TPSA) is 21.3 Å². The third-order valence-corrected chi connectivity index (χ3v) is 2.69. The SMILES string of the molecule is CCCCOCCNCc1ccc(F)cc1C. The highest BCUT2D eigenvalue weighted by Crippen LogP contribution is 2.09. The van der Waals surface area contributed by atoms with Crippen LogP contribution in [0.4, 0.5) is 4.39 Å². The van der Waals surface area contributed by atoms with E-state index in [0.717, 1.165) is 43.9 Å². The van der Waals surface area contributed by atoms with Gasteiger partial charge in [-0.2, -0.15) is 0 Å². The van der Waals surface area contributed by atoms with Gasteiger partial charge in [-0.15, -0.1) is 0 Å². The second kappa shape index (κ2) is 8.20. The summed E-state index contributed by atoms with van der Waals surface area (Å²) in [5, 5.41) is 3.29. The number of rotatable bonds is 8. The molecule has 0 radical (unpaired) electrons. The van der Waals surface area contributed by atoms with Gasteiger partial charge in [-0.1, -0.05) is 19.4 Å². The first-order valence-electron chi connectivity index (χ1n) is 6.27. The van der Waals surface area contributed by atoms with Crippen LogP contribution in [0, 0.1) is 12.7 Å². The van der Waals surface area contributed by atoms with Crippen molar-refractivity contribution in [2.24, 2.45) is 0 Å². The van der Waals surface area contributed by atoms with E-state index in [0.29, 0.717) is 0 Å². The zero-order valence-electron chi connectivity index (χ0n) is 10.8. The van der Waals surface area contributed by atoms with E-state index >= 15 is 0 Å². The summed E-state index contributed by atoms with van der Waals surface area (Å²) in [7, 11) is 0. The molecule has 0 aliphatic rings. The van der Waals surface area contributed by atoms with Crippen LogP contribution in [0.2, 0.25) is 0 Å². The highest BCUT2D eigenvalue weighted by atomic mass is 19.1. The average molecular weight is 239 g/mol. The van der Waals surface area contributed by atoms with Crippen molar-refractivity contribution < 1.29 is 9.13 Å². The van der Waals surface area contributed by atoms with Gasteiger partial charge in [0.15, 0.2) is 0 Å². The van der Waals surface area contributed by atoms with E-state index in [1.165, 1.54) is 12.5 Å². The van der Waals surface area contributed by atoms with E-state index in [1.807, 2.05) is 13.0 Å². The Morgan fingerprint density at radius 3 is 2.82 bits per heavy atom. The molecule has 0 aliphatic heterocycles. The molecule has 1 aromatic rings. The number of halogens is 1. The third-order valence-electron chi connectivity index (χ3n) is 2.69. The van der Waals surface area contributed by atoms with Crippen LogP contribution in [0.1, 0.15) is 30.9 Å². The molecule has 1 aromatic carbocycles. The standard InChI is InChI=1S/C14H22FNO/c1-3-4-8-17-9-7-16-11-13-5-6-14(15)10-12(13)2/h5-6,10,16H,3-4,7-9,11H2,1-2H3. The molecule has 0 saturated heterocycles. The number of nitrogens with one attached hydrogen (secondary N) is 1. The van der Waals surface area contributed by atoms with Crippen LogP contribution >= 0.6 is 0 Å². The van der Waals surface area contributed by atoms with E-state index in [2.05, 4.69) is 12.2 Å². The highest BCUT2D eigenvalue weighted by molar-refractivity contribution is 5.26. The van der Waals surface area contributed by atoms with Gasteiger partial charge >= 0.3 is 0 Å². The Bertz CT molecular complexity index is 328. The van der Waals surface area contributed by atoms with Crippen molar-refractivity contribution in [3.8, 4) is 0 Å². The molecule has 0 spiro atoms. The highest BCUT2D eigenvalue weighted by Gasteiger charge is 1.99. The second-order valence-corrected chi connectivity index (χ2v) is 4.21. The summed E-state index contributed by atoms with van der Waals surface area (Å²) >= 11 is 0. The average Bonchev–Trinajstić information content (AvgIpc) is 2.30. The number of hydrogen-bond donors (Lipinski definition) is 1. The van der Waals surface area contributed by atoms with Gasteiger partial charge in [0.25, 0.3) is 0 Å². The van der Waals surface area contributed by atoms with Gasteiger partial charge in [-0.25, -0.2) is 4.39 Å². The van der Waals surface area contributed by atoms with E-state index in [9.17, 15) is 4.39 Å². The molecule has 0 saturated carbocycles. The molecule has 0 amide bonds. The molecule has 0 bridgehead atoms. The van der Waals surface area contributed by atoms with Gasteiger partial charge < -0.3 is 10.1 Å². The van der Waals surface area contributed by atoms with E-state index < -0.39 is 0 Å². The molecule has 0 fully saturated rings. The smallest absolute Gasteiger partial charge is 0.123 e. The molecule has 17 heavy (non-hydrogen) atoms. The Hall–Kier alpha value is -0.930. The zero-order chi connectivity index (χ0) is 12.5. The van der Waals surface area contributed by atoms with E-state index in [-0.39, 0.29) is 5.82 Å². The van der Waals surface area contributed by atoms with Crippen LogP contribution < -0.4 is 5.32 Å². The lowest BCUT2D eigenvalue weighted by atomic mass is 10.1. The van der Waals surface area contributed by atoms with Crippen LogP contribution in [0.3, 0.4) is 0 Å². The Labute approximate surface area is 103 Å². The predicted molar refractivity (Wildman–Crippen MR) is 68.6 cm³/mol. The lowest BCUT2D eigenvalue weighted by Gasteiger charge is -2.08. The van der Waals surface area contributed by atoms with Gasteiger partial charge in [0, 0.05) is 19.7 Å². The second-order valence-electron chi connectivity index (χ2n) is 4.21. The fourth-order valence-corrected chi connectivity index (χ4v) is 1.57. The maximum absolute atomic E-state index is 12.9. The molecule has 0 heterocycles. The summed E-state index contributed by atoms with van der Waals surface area (Å²) in [6.45, 7) is 7.26.